The van der Waals surface area contributed by atoms with Crippen molar-refractivity contribution in [2.45, 2.75) is 19.3 Å². The highest BCUT2D eigenvalue weighted by Gasteiger charge is 1.95. The summed E-state index contributed by atoms with van der Waals surface area (Å²) >= 11 is 0. The number of ether oxygens (including phenoxy) is 1. The summed E-state index contributed by atoms with van der Waals surface area (Å²) in [6.07, 6.45) is 3.93. The highest BCUT2D eigenvalue weighted by Crippen LogP contribution is 2.02. The fraction of sp³-hybridized carbons (Fsp3) is 1.00. The van der Waals surface area contributed by atoms with Gasteiger partial charge < -0.3 is 4.74 Å². The molecule has 0 radical (unpaired) electrons. The normalized spacial score (nSPS) is 18.4. The zero-order valence-electron chi connectivity index (χ0n) is 5.92. The minimum absolute atomic E-state index is 1.00. The van der Waals surface area contributed by atoms with Crippen LogP contribution in [-0.4, -0.2) is 21.6 Å². The Morgan fingerprint density at radius 1 is 1.00 bits per heavy atom. The predicted molar refractivity (Wildman–Crippen MR) is 45.3 cm³/mol. The van der Waals surface area contributed by atoms with Gasteiger partial charge in [-0.1, -0.05) is 0 Å². The van der Waals surface area contributed by atoms with E-state index in [1.165, 1.54) is 19.3 Å². The minimum atomic E-state index is -3.72. The van der Waals surface area contributed by atoms with Crippen molar-refractivity contribution >= 4 is 29.6 Å². The summed E-state index contributed by atoms with van der Waals surface area (Å²) in [5, 5.41) is 0. The van der Waals surface area contributed by atoms with E-state index in [4.69, 9.17) is 13.2 Å². The molecule has 0 aliphatic carbocycles. The molecule has 1 aliphatic rings. The van der Waals surface area contributed by atoms with Crippen molar-refractivity contribution in [2.75, 3.05) is 13.2 Å². The average molecular weight is 221 g/mol. The van der Waals surface area contributed by atoms with Crippen LogP contribution in [0.25, 0.3) is 0 Å². The lowest BCUT2D eigenvalue weighted by Crippen LogP contribution is -2.03. The van der Waals surface area contributed by atoms with Gasteiger partial charge in [0.1, 0.15) is 0 Å². The van der Waals surface area contributed by atoms with E-state index in [-0.39, 0.29) is 0 Å². The molecule has 0 aromatic rings. The topological polar surface area (TPSA) is 43.4 Å². The Morgan fingerprint density at radius 2 is 1.36 bits per heavy atom. The van der Waals surface area contributed by atoms with Crippen LogP contribution in [0.2, 0.25) is 0 Å². The van der Waals surface area contributed by atoms with Crippen LogP contribution in [-0.2, 0) is 13.0 Å². The Morgan fingerprint density at radius 3 is 1.45 bits per heavy atom. The summed E-state index contributed by atoms with van der Waals surface area (Å²) in [5.41, 5.74) is 0. The van der Waals surface area contributed by atoms with Crippen molar-refractivity contribution in [3.05, 3.63) is 0 Å². The Bertz CT molecular complexity index is 155. The number of hydrogen-bond acceptors (Lipinski definition) is 3. The molecule has 1 fully saturated rings. The molecule has 1 saturated heterocycles. The maximum absolute atomic E-state index is 9.16. The molecule has 0 aromatic carbocycles. The highest BCUT2D eigenvalue weighted by molar-refractivity contribution is 8.31. The molecule has 68 valence electrons. The van der Waals surface area contributed by atoms with Crippen molar-refractivity contribution in [3.63, 3.8) is 0 Å². The Balaban J connectivity index is 0.000000187. The van der Waals surface area contributed by atoms with Crippen LogP contribution >= 0.6 is 21.4 Å². The van der Waals surface area contributed by atoms with Gasteiger partial charge in [-0.15, -0.1) is 0 Å². The van der Waals surface area contributed by atoms with Crippen molar-refractivity contribution in [2.24, 2.45) is 0 Å². The summed E-state index contributed by atoms with van der Waals surface area (Å²) in [5.74, 6) is 0. The minimum Gasteiger partial charge on any atom is -0.381 e. The molecule has 0 saturated carbocycles. The lowest BCUT2D eigenvalue weighted by Gasteiger charge is -2.08. The van der Waals surface area contributed by atoms with Crippen LogP contribution in [0.15, 0.2) is 0 Å². The molecule has 1 aliphatic heterocycles. The summed E-state index contributed by atoms with van der Waals surface area (Å²) in [6.45, 7) is 2.00. The first-order valence-electron chi connectivity index (χ1n) is 3.22. The Labute approximate surface area is 75.6 Å². The van der Waals surface area contributed by atoms with Gasteiger partial charge in [-0.3, -0.25) is 0 Å². The molecule has 0 amide bonds. The average Bonchev–Trinajstić information content (AvgIpc) is 1.88. The first kappa shape index (κ1) is 11.5. The molecule has 0 bridgehead atoms. The molecular weight excluding hydrogens is 211 g/mol. The molecule has 0 N–H and O–H groups in total. The third-order valence-electron chi connectivity index (χ3n) is 1.08. The van der Waals surface area contributed by atoms with E-state index in [0.717, 1.165) is 13.2 Å². The van der Waals surface area contributed by atoms with Crippen LogP contribution in [0, 0.1) is 0 Å². The first-order chi connectivity index (χ1) is 5.00. The molecule has 1 rings (SSSR count). The standard InChI is InChI=1S/C5H10O.Cl2O2S/c1-2-4-6-5-3-1;1-5(2,3)4/h1-5H2;. The lowest BCUT2D eigenvalue weighted by molar-refractivity contribution is 0.0968. The van der Waals surface area contributed by atoms with Crippen LogP contribution in [0.4, 0.5) is 0 Å². The molecule has 3 nitrogen and oxygen atoms in total. The summed E-state index contributed by atoms with van der Waals surface area (Å²) in [6, 6.07) is 0. The van der Waals surface area contributed by atoms with E-state index in [1.54, 1.807) is 0 Å². The molecule has 11 heavy (non-hydrogen) atoms. The second kappa shape index (κ2) is 6.06. The molecule has 1 heterocycles. The van der Waals surface area contributed by atoms with Gasteiger partial charge in [-0.25, -0.2) is 0 Å². The summed E-state index contributed by atoms with van der Waals surface area (Å²) in [7, 11) is 4.81. The number of rotatable bonds is 0. The maximum atomic E-state index is 9.16. The molecule has 0 unspecified atom stereocenters. The molecule has 6 heteroatoms. The zero-order valence-corrected chi connectivity index (χ0v) is 8.25. The Hall–Kier alpha value is 0.490. The van der Waals surface area contributed by atoms with E-state index in [9.17, 15) is 0 Å². The zero-order chi connectivity index (χ0) is 8.74. The SMILES string of the molecule is C1CCOCC1.O=S(=O)(Cl)Cl. The molecular formula is C5H10Cl2O3S. The van der Waals surface area contributed by atoms with Gasteiger partial charge in [-0.05, 0) is 19.3 Å². The van der Waals surface area contributed by atoms with Crippen molar-refractivity contribution < 1.29 is 13.2 Å². The monoisotopic (exact) mass is 220 g/mol. The van der Waals surface area contributed by atoms with E-state index in [2.05, 4.69) is 21.4 Å². The quantitative estimate of drug-likeness (QED) is 0.586. The fourth-order valence-electron chi connectivity index (χ4n) is 0.687. The van der Waals surface area contributed by atoms with Crippen molar-refractivity contribution in [3.8, 4) is 0 Å². The predicted octanol–water partition coefficient (Wildman–Crippen LogP) is 1.90. The van der Waals surface area contributed by atoms with Gasteiger partial charge in [0.25, 0.3) is 0 Å². The summed E-state index contributed by atoms with van der Waals surface area (Å²) < 4.78 is 23.4. The largest absolute Gasteiger partial charge is 0.381 e. The van der Waals surface area contributed by atoms with Crippen LogP contribution in [0.3, 0.4) is 0 Å². The number of hydrogen-bond donors (Lipinski definition) is 0. The number of halogens is 2. The van der Waals surface area contributed by atoms with Gasteiger partial charge in [0.15, 0.2) is 0 Å². The molecule has 0 aromatic heterocycles. The second-order valence-electron chi connectivity index (χ2n) is 2.05. The maximum Gasteiger partial charge on any atom is 0.317 e. The van der Waals surface area contributed by atoms with Crippen molar-refractivity contribution in [1.82, 2.24) is 0 Å². The Kier molecular flexibility index (Phi) is 6.33. The van der Waals surface area contributed by atoms with E-state index < -0.39 is 8.26 Å². The first-order valence-corrected chi connectivity index (χ1v) is 6.35. The van der Waals surface area contributed by atoms with Crippen molar-refractivity contribution in [1.29, 1.82) is 0 Å². The van der Waals surface area contributed by atoms with Gasteiger partial charge in [0.2, 0.25) is 0 Å². The summed E-state index contributed by atoms with van der Waals surface area (Å²) in [4.78, 5) is 0. The molecule has 0 atom stereocenters. The third kappa shape index (κ3) is 18.0. The van der Waals surface area contributed by atoms with Gasteiger partial charge in [0, 0.05) is 34.6 Å². The van der Waals surface area contributed by atoms with E-state index in [1.807, 2.05) is 0 Å². The van der Waals surface area contributed by atoms with E-state index >= 15 is 0 Å². The van der Waals surface area contributed by atoms with E-state index in [0.29, 0.717) is 0 Å². The highest BCUT2D eigenvalue weighted by atomic mass is 36.0. The van der Waals surface area contributed by atoms with Gasteiger partial charge >= 0.3 is 8.26 Å². The molecule has 0 spiro atoms. The second-order valence-corrected chi connectivity index (χ2v) is 5.72. The van der Waals surface area contributed by atoms with Gasteiger partial charge in [0.05, 0.1) is 0 Å². The fourth-order valence-corrected chi connectivity index (χ4v) is 0.687. The lowest BCUT2D eigenvalue weighted by atomic mass is 10.2. The third-order valence-corrected chi connectivity index (χ3v) is 1.08. The van der Waals surface area contributed by atoms with Crippen LogP contribution in [0.1, 0.15) is 19.3 Å². The van der Waals surface area contributed by atoms with Crippen LogP contribution in [0.5, 0.6) is 0 Å². The smallest absolute Gasteiger partial charge is 0.317 e. The van der Waals surface area contributed by atoms with Crippen LogP contribution < -0.4 is 0 Å². The van der Waals surface area contributed by atoms with Gasteiger partial charge in [-0.2, -0.15) is 8.42 Å².